The average molecular weight is 310 g/mol. The minimum Gasteiger partial charge on any atom is -0.367 e. The van der Waals surface area contributed by atoms with E-state index in [2.05, 4.69) is 48.8 Å². The molecule has 1 aliphatic heterocycles. The molecule has 1 aromatic rings. The maximum absolute atomic E-state index is 6.51. The number of hydrogen-bond donors (Lipinski definition) is 1. The zero-order valence-electron chi connectivity index (χ0n) is 13.5. The van der Waals surface area contributed by atoms with Crippen LogP contribution in [0.25, 0.3) is 0 Å². The van der Waals surface area contributed by atoms with E-state index in [0.29, 0.717) is 6.04 Å². The molecule has 1 fully saturated rings. The summed E-state index contributed by atoms with van der Waals surface area (Å²) in [7, 11) is 0. The van der Waals surface area contributed by atoms with Gasteiger partial charge >= 0.3 is 0 Å². The number of halogens is 1. The van der Waals surface area contributed by atoms with Crippen LogP contribution in [-0.2, 0) is 6.42 Å². The van der Waals surface area contributed by atoms with Gasteiger partial charge in [0.2, 0.25) is 0 Å². The Hall–Kier alpha value is -0.770. The van der Waals surface area contributed by atoms with E-state index < -0.39 is 0 Å². The first-order valence-corrected chi connectivity index (χ1v) is 8.45. The number of rotatable bonds is 5. The lowest BCUT2D eigenvalue weighted by Crippen LogP contribution is -2.51. The van der Waals surface area contributed by atoms with Gasteiger partial charge < -0.3 is 10.6 Å². The van der Waals surface area contributed by atoms with E-state index in [1.165, 1.54) is 5.56 Å². The summed E-state index contributed by atoms with van der Waals surface area (Å²) in [5.41, 5.74) is 8.42. The number of benzene rings is 1. The lowest BCUT2D eigenvalue weighted by molar-refractivity contribution is 0.199. The third-order valence-corrected chi connectivity index (χ3v) is 4.85. The van der Waals surface area contributed by atoms with Crippen LogP contribution in [0.2, 0.25) is 5.02 Å². The Kier molecular flexibility index (Phi) is 5.91. The molecule has 0 aromatic heterocycles. The molecule has 3 nitrogen and oxygen atoms in total. The summed E-state index contributed by atoms with van der Waals surface area (Å²) in [5, 5.41) is 0.855. The molecule has 0 bridgehead atoms. The zero-order chi connectivity index (χ0) is 15.4. The molecule has 0 saturated carbocycles. The van der Waals surface area contributed by atoms with Gasteiger partial charge in [-0.3, -0.25) is 4.90 Å². The highest BCUT2D eigenvalue weighted by molar-refractivity contribution is 6.33. The first kappa shape index (κ1) is 16.6. The Balaban J connectivity index is 2.07. The second-order valence-electron chi connectivity index (χ2n) is 6.08. The Morgan fingerprint density at radius 1 is 1.33 bits per heavy atom. The second-order valence-corrected chi connectivity index (χ2v) is 6.49. The molecule has 0 aliphatic carbocycles. The molecule has 0 amide bonds. The van der Waals surface area contributed by atoms with Crippen molar-refractivity contribution in [1.82, 2.24) is 4.90 Å². The molecule has 2 atom stereocenters. The van der Waals surface area contributed by atoms with Crippen molar-refractivity contribution in [2.45, 2.75) is 45.7 Å². The molecular formula is C17H28ClN3. The fourth-order valence-corrected chi connectivity index (χ4v) is 3.39. The summed E-state index contributed by atoms with van der Waals surface area (Å²) < 4.78 is 0. The summed E-state index contributed by atoms with van der Waals surface area (Å²) in [6, 6.07) is 7.22. The minimum absolute atomic E-state index is 0.222. The van der Waals surface area contributed by atoms with E-state index in [9.17, 15) is 0 Å². The van der Waals surface area contributed by atoms with Gasteiger partial charge in [-0.15, -0.1) is 0 Å². The van der Waals surface area contributed by atoms with Crippen molar-refractivity contribution in [3.63, 3.8) is 0 Å². The average Bonchev–Trinajstić information content (AvgIpc) is 2.47. The molecule has 21 heavy (non-hydrogen) atoms. The minimum atomic E-state index is 0.222. The van der Waals surface area contributed by atoms with Crippen LogP contribution < -0.4 is 10.6 Å². The highest BCUT2D eigenvalue weighted by Crippen LogP contribution is 2.29. The Bertz CT molecular complexity index is 463. The van der Waals surface area contributed by atoms with Crippen molar-refractivity contribution >= 4 is 17.3 Å². The Labute approximate surface area is 134 Å². The number of piperazine rings is 1. The van der Waals surface area contributed by atoms with E-state index in [4.69, 9.17) is 17.3 Å². The first-order chi connectivity index (χ1) is 10.0. The predicted octanol–water partition coefficient (Wildman–Crippen LogP) is 3.15. The number of hydrogen-bond acceptors (Lipinski definition) is 3. The first-order valence-electron chi connectivity index (χ1n) is 8.08. The Morgan fingerprint density at radius 2 is 2.10 bits per heavy atom. The van der Waals surface area contributed by atoms with Crippen molar-refractivity contribution in [2.75, 3.05) is 31.1 Å². The van der Waals surface area contributed by atoms with Gasteiger partial charge in [-0.05, 0) is 44.0 Å². The molecule has 1 heterocycles. The molecule has 118 valence electrons. The van der Waals surface area contributed by atoms with Crippen LogP contribution in [-0.4, -0.2) is 43.2 Å². The number of nitrogens with two attached hydrogens (primary N) is 1. The number of likely N-dealkylation sites (N-methyl/N-ethyl adjacent to an activating group) is 1. The standard InChI is InChI=1S/C17H28ClN3/c1-4-15(19)10-14-6-7-17(16(18)11-14)21-9-8-20(5-2)13(3)12-21/h6-7,11,13,15H,4-5,8-10,12,19H2,1-3H3. The summed E-state index contributed by atoms with van der Waals surface area (Å²) in [6.45, 7) is 11.0. The van der Waals surface area contributed by atoms with Crippen LogP contribution in [0.15, 0.2) is 18.2 Å². The molecule has 4 heteroatoms. The van der Waals surface area contributed by atoms with Crippen LogP contribution in [0, 0.1) is 0 Å². The van der Waals surface area contributed by atoms with Crippen LogP contribution in [0.1, 0.15) is 32.8 Å². The van der Waals surface area contributed by atoms with Crippen molar-refractivity contribution in [1.29, 1.82) is 0 Å². The predicted molar refractivity (Wildman–Crippen MR) is 92.3 cm³/mol. The lowest BCUT2D eigenvalue weighted by atomic mass is 10.0. The molecule has 1 aliphatic rings. The molecule has 0 radical (unpaired) electrons. The molecule has 2 unspecified atom stereocenters. The van der Waals surface area contributed by atoms with Gasteiger partial charge in [-0.2, -0.15) is 0 Å². The van der Waals surface area contributed by atoms with E-state index in [1.807, 2.05) is 0 Å². The largest absolute Gasteiger partial charge is 0.367 e. The fraction of sp³-hybridized carbons (Fsp3) is 0.647. The van der Waals surface area contributed by atoms with E-state index in [-0.39, 0.29) is 6.04 Å². The maximum atomic E-state index is 6.51. The summed E-state index contributed by atoms with van der Waals surface area (Å²) >= 11 is 6.51. The van der Waals surface area contributed by atoms with Gasteiger partial charge in [0, 0.05) is 31.7 Å². The number of nitrogens with zero attached hydrogens (tertiary/aromatic N) is 2. The lowest BCUT2D eigenvalue weighted by Gasteiger charge is -2.40. The van der Waals surface area contributed by atoms with Crippen LogP contribution in [0.4, 0.5) is 5.69 Å². The van der Waals surface area contributed by atoms with E-state index in [0.717, 1.165) is 49.7 Å². The third-order valence-electron chi connectivity index (χ3n) is 4.55. The molecule has 1 aromatic carbocycles. The highest BCUT2D eigenvalue weighted by Gasteiger charge is 2.23. The normalized spacial score (nSPS) is 21.6. The van der Waals surface area contributed by atoms with Gasteiger partial charge in [0.05, 0.1) is 10.7 Å². The van der Waals surface area contributed by atoms with Gasteiger partial charge in [0.15, 0.2) is 0 Å². The molecule has 0 spiro atoms. The van der Waals surface area contributed by atoms with Crippen molar-refractivity contribution < 1.29 is 0 Å². The quantitative estimate of drug-likeness (QED) is 0.907. The molecular weight excluding hydrogens is 282 g/mol. The van der Waals surface area contributed by atoms with Gasteiger partial charge in [0.25, 0.3) is 0 Å². The number of anilines is 1. The SMILES string of the molecule is CCC(N)Cc1ccc(N2CCN(CC)C(C)C2)c(Cl)c1. The van der Waals surface area contributed by atoms with E-state index >= 15 is 0 Å². The topological polar surface area (TPSA) is 32.5 Å². The third kappa shape index (κ3) is 4.12. The smallest absolute Gasteiger partial charge is 0.0642 e. The monoisotopic (exact) mass is 309 g/mol. The fourth-order valence-electron chi connectivity index (χ4n) is 3.06. The van der Waals surface area contributed by atoms with Crippen molar-refractivity contribution in [3.8, 4) is 0 Å². The zero-order valence-corrected chi connectivity index (χ0v) is 14.2. The highest BCUT2D eigenvalue weighted by atomic mass is 35.5. The molecule has 2 rings (SSSR count). The molecule has 2 N–H and O–H groups in total. The Morgan fingerprint density at radius 3 is 2.67 bits per heavy atom. The van der Waals surface area contributed by atoms with Crippen LogP contribution in [0.3, 0.4) is 0 Å². The summed E-state index contributed by atoms with van der Waals surface area (Å²) in [4.78, 5) is 4.92. The van der Waals surface area contributed by atoms with Gasteiger partial charge in [0.1, 0.15) is 0 Å². The summed E-state index contributed by atoms with van der Waals surface area (Å²) in [6.07, 6.45) is 1.90. The van der Waals surface area contributed by atoms with Gasteiger partial charge in [-0.1, -0.05) is 31.5 Å². The van der Waals surface area contributed by atoms with Crippen LogP contribution in [0.5, 0.6) is 0 Å². The maximum Gasteiger partial charge on any atom is 0.0642 e. The van der Waals surface area contributed by atoms with E-state index in [1.54, 1.807) is 0 Å². The molecule has 1 saturated heterocycles. The van der Waals surface area contributed by atoms with Crippen molar-refractivity contribution in [2.24, 2.45) is 5.73 Å². The summed E-state index contributed by atoms with van der Waals surface area (Å²) in [5.74, 6) is 0. The van der Waals surface area contributed by atoms with Crippen LogP contribution >= 0.6 is 11.6 Å². The second kappa shape index (κ2) is 7.48. The van der Waals surface area contributed by atoms with Gasteiger partial charge in [-0.25, -0.2) is 0 Å². The van der Waals surface area contributed by atoms with Crippen molar-refractivity contribution in [3.05, 3.63) is 28.8 Å².